The van der Waals surface area contributed by atoms with Crippen molar-refractivity contribution in [2.45, 2.75) is 200 Å². The molecule has 0 spiro atoms. The van der Waals surface area contributed by atoms with Crippen molar-refractivity contribution in [1.82, 2.24) is 0 Å². The average Bonchev–Trinajstić information content (AvgIpc) is 3.35. The van der Waals surface area contributed by atoms with E-state index in [4.69, 9.17) is 23.3 Å². The Hall–Kier alpha value is -4.12. The van der Waals surface area contributed by atoms with Crippen LogP contribution in [0, 0.1) is 0 Å². The zero-order valence-corrected chi connectivity index (χ0v) is 44.3. The molecule has 11 nitrogen and oxygen atoms in total. The Kier molecular flexibility index (Phi) is 48.2. The van der Waals surface area contributed by atoms with Gasteiger partial charge in [-0.3, -0.25) is 23.4 Å². The van der Waals surface area contributed by atoms with Gasteiger partial charge >= 0.3 is 25.7 Å². The van der Waals surface area contributed by atoms with E-state index in [2.05, 4.69) is 130 Å². The van der Waals surface area contributed by atoms with E-state index in [1.54, 1.807) is 0 Å². The third-order valence-electron chi connectivity index (χ3n) is 10.4. The molecule has 0 radical (unpaired) electrons. The van der Waals surface area contributed by atoms with E-state index in [1.807, 2.05) is 12.2 Å². The van der Waals surface area contributed by atoms with Gasteiger partial charge < -0.3 is 24.2 Å². The van der Waals surface area contributed by atoms with Gasteiger partial charge in [0.15, 0.2) is 6.10 Å². The van der Waals surface area contributed by atoms with Crippen molar-refractivity contribution in [2.24, 2.45) is 0 Å². The predicted octanol–water partition coefficient (Wildman–Crippen LogP) is 15.2. The highest BCUT2D eigenvalue weighted by atomic mass is 31.2. The van der Waals surface area contributed by atoms with Gasteiger partial charge in [0, 0.05) is 19.3 Å². The topological polar surface area (TPSA) is 155 Å². The zero-order chi connectivity index (χ0) is 51.3. The van der Waals surface area contributed by atoms with Crippen molar-refractivity contribution in [3.8, 4) is 0 Å². The first kappa shape index (κ1) is 65.9. The second kappa shape index (κ2) is 51.2. The highest BCUT2D eigenvalue weighted by Crippen LogP contribution is 2.43. The number of unbranched alkanes of at least 4 members (excludes halogenated alkanes) is 10. The summed E-state index contributed by atoms with van der Waals surface area (Å²) in [6, 6.07) is 0. The van der Waals surface area contributed by atoms with Gasteiger partial charge in [0.1, 0.15) is 12.7 Å². The number of aliphatic hydroxyl groups is 1. The molecule has 0 aromatic rings. The number of carbonyl (C=O) groups excluding carboxylic acids is 3. The number of rotatable bonds is 47. The molecule has 0 saturated carbocycles. The first-order valence-electron chi connectivity index (χ1n) is 26.4. The van der Waals surface area contributed by atoms with Crippen LogP contribution in [-0.4, -0.2) is 66.5 Å². The van der Waals surface area contributed by atoms with Crippen LogP contribution < -0.4 is 0 Å². The van der Waals surface area contributed by atoms with Crippen molar-refractivity contribution in [3.05, 3.63) is 122 Å². The fourth-order valence-electron chi connectivity index (χ4n) is 6.37. The molecule has 0 aliphatic rings. The van der Waals surface area contributed by atoms with E-state index in [0.717, 1.165) is 116 Å². The molecular weight excluding hydrogens is 904 g/mol. The van der Waals surface area contributed by atoms with Crippen LogP contribution in [0.4, 0.5) is 0 Å². The average molecular weight is 997 g/mol. The summed E-state index contributed by atoms with van der Waals surface area (Å²) in [6.45, 7) is 4.21. The molecule has 0 saturated heterocycles. The number of ether oxygens (including phenoxy) is 3. The smallest absolute Gasteiger partial charge is 0.462 e. The highest BCUT2D eigenvalue weighted by molar-refractivity contribution is 7.47. The number of hydrogen-bond donors (Lipinski definition) is 2. The molecular formula is C58H93O11P. The van der Waals surface area contributed by atoms with Crippen LogP contribution in [0.1, 0.15) is 188 Å². The summed E-state index contributed by atoms with van der Waals surface area (Å²) < 4.78 is 39.2. The Balaban J connectivity index is 4.90. The monoisotopic (exact) mass is 997 g/mol. The summed E-state index contributed by atoms with van der Waals surface area (Å²) in [5.74, 6) is -1.63. The first-order valence-corrected chi connectivity index (χ1v) is 27.9. The lowest BCUT2D eigenvalue weighted by Crippen LogP contribution is -2.30. The Morgan fingerprint density at radius 3 is 1.23 bits per heavy atom. The molecule has 0 bridgehead atoms. The predicted molar refractivity (Wildman–Crippen MR) is 288 cm³/mol. The first-order chi connectivity index (χ1) is 34.2. The normalized spacial score (nSPS) is 14.4. The molecule has 0 aromatic heterocycles. The van der Waals surface area contributed by atoms with Crippen molar-refractivity contribution >= 4 is 25.7 Å². The molecule has 3 atom stereocenters. The zero-order valence-electron chi connectivity index (χ0n) is 43.4. The maximum Gasteiger partial charge on any atom is 0.472 e. The summed E-state index contributed by atoms with van der Waals surface area (Å²) in [4.78, 5) is 48.3. The third-order valence-corrected chi connectivity index (χ3v) is 11.3. The molecule has 3 unspecified atom stereocenters. The van der Waals surface area contributed by atoms with Gasteiger partial charge in [0.05, 0.1) is 19.8 Å². The maximum absolute atomic E-state index is 12.8. The summed E-state index contributed by atoms with van der Waals surface area (Å²) >= 11 is 0. The summed E-state index contributed by atoms with van der Waals surface area (Å²) in [5, 5.41) is 9.76. The fourth-order valence-corrected chi connectivity index (χ4v) is 7.16. The molecule has 0 fully saturated rings. The van der Waals surface area contributed by atoms with Gasteiger partial charge in [-0.15, -0.1) is 0 Å². The molecule has 0 rings (SSSR count). The molecule has 0 aliphatic carbocycles. The number of allylic oxidation sites excluding steroid dienone is 20. The van der Waals surface area contributed by atoms with Crippen LogP contribution >= 0.6 is 7.82 Å². The van der Waals surface area contributed by atoms with E-state index in [-0.39, 0.29) is 19.3 Å². The van der Waals surface area contributed by atoms with Crippen LogP contribution in [0.25, 0.3) is 0 Å². The number of carbonyl (C=O) groups is 3. The van der Waals surface area contributed by atoms with E-state index in [0.29, 0.717) is 19.3 Å². The largest absolute Gasteiger partial charge is 0.472 e. The molecule has 12 heteroatoms. The van der Waals surface area contributed by atoms with E-state index < -0.39 is 64.4 Å². The molecule has 0 heterocycles. The Morgan fingerprint density at radius 1 is 0.414 bits per heavy atom. The van der Waals surface area contributed by atoms with Gasteiger partial charge in [-0.1, -0.05) is 181 Å². The minimum Gasteiger partial charge on any atom is -0.462 e. The third kappa shape index (κ3) is 48.9. The van der Waals surface area contributed by atoms with Crippen molar-refractivity contribution in [3.63, 3.8) is 0 Å². The minimum atomic E-state index is -4.77. The molecule has 0 aliphatic heterocycles. The molecule has 0 aromatic carbocycles. The molecule has 70 heavy (non-hydrogen) atoms. The Morgan fingerprint density at radius 2 is 0.771 bits per heavy atom. The number of phosphoric acid groups is 1. The van der Waals surface area contributed by atoms with Crippen LogP contribution in [0.15, 0.2) is 122 Å². The SMILES string of the molecule is CC/C=C\C/C=C\C/C=C\C/C=C\C/C=C\C/C=C\CCC(=O)OCC(COP(=O)(O)OCC(CO)OC(=O)CCCCCCC/C=C\CCCC)OC(=O)CCCCC/C=C\C/C=C\C/C=C\CC. The van der Waals surface area contributed by atoms with Crippen LogP contribution in [0.2, 0.25) is 0 Å². The lowest BCUT2D eigenvalue weighted by Gasteiger charge is -2.21. The van der Waals surface area contributed by atoms with Crippen molar-refractivity contribution < 1.29 is 52.2 Å². The number of aliphatic hydroxyl groups excluding tert-OH is 1. The van der Waals surface area contributed by atoms with E-state index in [1.165, 1.54) is 12.8 Å². The summed E-state index contributed by atoms with van der Waals surface area (Å²) in [7, 11) is -4.77. The lowest BCUT2D eigenvalue weighted by atomic mass is 10.1. The number of esters is 3. The van der Waals surface area contributed by atoms with Crippen LogP contribution in [0.5, 0.6) is 0 Å². The molecule has 2 N–H and O–H groups in total. The van der Waals surface area contributed by atoms with Gasteiger partial charge in [0.2, 0.25) is 0 Å². The van der Waals surface area contributed by atoms with Gasteiger partial charge in [-0.25, -0.2) is 4.57 Å². The standard InChI is InChI=1S/C58H93O11P/c1-4-7-10-13-16-19-22-24-25-26-27-28-29-31-33-35-38-41-44-47-56(60)65-51-55(69-58(62)49-46-43-40-37-34-30-23-20-17-14-11-8-5-2)53-67-70(63,64)66-52-54(50-59)68-57(61)48-45-42-39-36-32-21-18-15-12-9-6-3/h7-8,10-11,15-20,24-25,27-28,30-31,33-34,38,41,54-55,59H,4-6,9,12-14,21-23,26,29,32,35-37,39-40,42-53H2,1-3H3,(H,63,64)/b10-7-,11-8-,18-15-,19-16-,20-17-,25-24-,28-27-,33-31-,34-30-,41-38-. The quantitative estimate of drug-likeness (QED) is 0.0197. The van der Waals surface area contributed by atoms with Gasteiger partial charge in [-0.2, -0.15) is 0 Å². The fraction of sp³-hybridized carbons (Fsp3) is 0.603. The minimum absolute atomic E-state index is 0.0880. The van der Waals surface area contributed by atoms with Gasteiger partial charge in [0.25, 0.3) is 0 Å². The number of phosphoric ester groups is 1. The van der Waals surface area contributed by atoms with Gasteiger partial charge in [-0.05, 0) is 109 Å². The second-order valence-electron chi connectivity index (χ2n) is 16.9. The Bertz CT molecular complexity index is 1630. The summed E-state index contributed by atoms with van der Waals surface area (Å²) in [5.41, 5.74) is 0. The summed E-state index contributed by atoms with van der Waals surface area (Å²) in [6.07, 6.45) is 61.9. The van der Waals surface area contributed by atoms with Crippen LogP contribution in [-0.2, 0) is 42.2 Å². The van der Waals surface area contributed by atoms with E-state index in [9.17, 15) is 28.9 Å². The molecule has 0 amide bonds. The Labute approximate surface area is 424 Å². The maximum atomic E-state index is 12.8. The van der Waals surface area contributed by atoms with Crippen molar-refractivity contribution in [2.75, 3.05) is 26.4 Å². The van der Waals surface area contributed by atoms with Crippen LogP contribution in [0.3, 0.4) is 0 Å². The second-order valence-corrected chi connectivity index (χ2v) is 18.4. The van der Waals surface area contributed by atoms with E-state index >= 15 is 0 Å². The highest BCUT2D eigenvalue weighted by Gasteiger charge is 2.28. The molecule has 396 valence electrons. The van der Waals surface area contributed by atoms with Crippen molar-refractivity contribution in [1.29, 1.82) is 0 Å². The lowest BCUT2D eigenvalue weighted by molar-refractivity contribution is -0.161. The number of hydrogen-bond acceptors (Lipinski definition) is 10.